The number of benzene rings is 1. The van der Waals surface area contributed by atoms with Gasteiger partial charge in [-0.25, -0.2) is 0 Å². The first-order valence-corrected chi connectivity index (χ1v) is 5.71. The highest BCUT2D eigenvalue weighted by molar-refractivity contribution is 6.31. The molecule has 88 valence electrons. The number of carbonyl (C=O) groups excluding carboxylic acids is 1. The number of likely N-dealkylation sites (tertiary alicyclic amines) is 1. The van der Waals surface area contributed by atoms with Crippen LogP contribution in [0.15, 0.2) is 18.2 Å². The Morgan fingerprint density at radius 2 is 2.35 bits per heavy atom. The third-order valence-corrected chi connectivity index (χ3v) is 3.18. The molecule has 0 aromatic heterocycles. The van der Waals surface area contributed by atoms with Crippen molar-refractivity contribution >= 4 is 23.2 Å². The number of anilines is 1. The third kappa shape index (κ3) is 2.34. The van der Waals surface area contributed by atoms with E-state index in [0.717, 1.165) is 18.7 Å². The first kappa shape index (κ1) is 11.7. The van der Waals surface area contributed by atoms with Gasteiger partial charge in [0.15, 0.2) is 0 Å². The number of nitriles is 1. The minimum Gasteiger partial charge on any atom is -0.374 e. The number of hydrogen-bond acceptors (Lipinski definition) is 3. The van der Waals surface area contributed by atoms with Gasteiger partial charge in [0.05, 0.1) is 10.6 Å². The zero-order valence-corrected chi connectivity index (χ0v) is 10.2. The molecule has 1 saturated heterocycles. The standard InChI is InChI=1S/C12H12ClN3O/c1-16-5-4-11(12(16)17)15-9-2-3-10(13)8(6-9)7-14/h2-3,6,11,15H,4-5H2,1H3. The minimum absolute atomic E-state index is 0.0819. The largest absolute Gasteiger partial charge is 0.374 e. The van der Waals surface area contributed by atoms with Crippen molar-refractivity contribution < 1.29 is 4.79 Å². The summed E-state index contributed by atoms with van der Waals surface area (Å²) in [6, 6.07) is 6.90. The van der Waals surface area contributed by atoms with Gasteiger partial charge >= 0.3 is 0 Å². The monoisotopic (exact) mass is 249 g/mol. The van der Waals surface area contributed by atoms with Crippen LogP contribution in [0, 0.1) is 11.3 Å². The van der Waals surface area contributed by atoms with Crippen molar-refractivity contribution in [1.82, 2.24) is 4.90 Å². The van der Waals surface area contributed by atoms with E-state index in [2.05, 4.69) is 5.32 Å². The van der Waals surface area contributed by atoms with Crippen molar-refractivity contribution in [2.75, 3.05) is 18.9 Å². The summed E-state index contributed by atoms with van der Waals surface area (Å²) in [5.41, 5.74) is 1.16. The van der Waals surface area contributed by atoms with Crippen molar-refractivity contribution in [3.63, 3.8) is 0 Å². The van der Waals surface area contributed by atoms with Crippen LogP contribution < -0.4 is 5.32 Å². The molecule has 1 unspecified atom stereocenters. The lowest BCUT2D eigenvalue weighted by Gasteiger charge is -2.13. The fraction of sp³-hybridized carbons (Fsp3) is 0.333. The van der Waals surface area contributed by atoms with E-state index >= 15 is 0 Å². The predicted molar refractivity (Wildman–Crippen MR) is 65.8 cm³/mol. The quantitative estimate of drug-likeness (QED) is 0.870. The van der Waals surface area contributed by atoms with Crippen LogP contribution in [0.4, 0.5) is 5.69 Å². The van der Waals surface area contributed by atoms with E-state index in [0.29, 0.717) is 10.6 Å². The molecule has 0 aliphatic carbocycles. The smallest absolute Gasteiger partial charge is 0.244 e. The summed E-state index contributed by atoms with van der Waals surface area (Å²) < 4.78 is 0. The molecular formula is C12H12ClN3O. The van der Waals surface area contributed by atoms with Gasteiger partial charge in [0.2, 0.25) is 5.91 Å². The van der Waals surface area contributed by atoms with Gasteiger partial charge in [-0.3, -0.25) is 4.79 Å². The molecule has 2 rings (SSSR count). The highest BCUT2D eigenvalue weighted by atomic mass is 35.5. The number of nitrogens with zero attached hydrogens (tertiary/aromatic N) is 2. The zero-order valence-electron chi connectivity index (χ0n) is 9.40. The topological polar surface area (TPSA) is 56.1 Å². The molecule has 1 fully saturated rings. The van der Waals surface area contributed by atoms with Crippen molar-refractivity contribution in [1.29, 1.82) is 5.26 Å². The van der Waals surface area contributed by atoms with Crippen LogP contribution >= 0.6 is 11.6 Å². The number of carbonyl (C=O) groups is 1. The summed E-state index contributed by atoms with van der Waals surface area (Å²) in [6.45, 7) is 0.759. The lowest BCUT2D eigenvalue weighted by Crippen LogP contribution is -2.30. The Bertz CT molecular complexity index is 495. The number of nitrogens with one attached hydrogen (secondary N) is 1. The molecule has 1 heterocycles. The number of rotatable bonds is 2. The van der Waals surface area contributed by atoms with Gasteiger partial charge < -0.3 is 10.2 Å². The van der Waals surface area contributed by atoms with E-state index in [-0.39, 0.29) is 11.9 Å². The molecule has 17 heavy (non-hydrogen) atoms. The van der Waals surface area contributed by atoms with Crippen molar-refractivity contribution in [2.24, 2.45) is 0 Å². The summed E-state index contributed by atoms with van der Waals surface area (Å²) in [7, 11) is 1.78. The van der Waals surface area contributed by atoms with Gasteiger partial charge in [0.25, 0.3) is 0 Å². The van der Waals surface area contributed by atoms with Gasteiger partial charge in [-0.05, 0) is 24.6 Å². The Balaban J connectivity index is 2.15. The second-order valence-corrected chi connectivity index (χ2v) is 4.46. The summed E-state index contributed by atoms with van der Waals surface area (Å²) in [5.74, 6) is 0.0819. The Morgan fingerprint density at radius 1 is 1.59 bits per heavy atom. The molecule has 1 aromatic rings. The maximum atomic E-state index is 11.7. The molecule has 0 saturated carbocycles. The Morgan fingerprint density at radius 3 is 2.94 bits per heavy atom. The summed E-state index contributed by atoms with van der Waals surface area (Å²) in [6.07, 6.45) is 0.778. The Labute approximate surface area is 105 Å². The normalized spacial score (nSPS) is 19.2. The Hall–Kier alpha value is -1.73. The zero-order chi connectivity index (χ0) is 12.4. The number of amides is 1. The van der Waals surface area contributed by atoms with E-state index in [4.69, 9.17) is 16.9 Å². The molecule has 1 aliphatic rings. The predicted octanol–water partition coefficient (Wildman–Crippen LogP) is 1.85. The molecular weight excluding hydrogens is 238 g/mol. The molecule has 1 amide bonds. The van der Waals surface area contributed by atoms with Crippen LogP contribution in [0.1, 0.15) is 12.0 Å². The van der Waals surface area contributed by atoms with Gasteiger partial charge in [-0.1, -0.05) is 11.6 Å². The second-order valence-electron chi connectivity index (χ2n) is 4.05. The molecule has 1 aromatic carbocycles. The average Bonchev–Trinajstić information content (AvgIpc) is 2.63. The highest BCUT2D eigenvalue weighted by Gasteiger charge is 2.28. The number of halogens is 1. The molecule has 0 radical (unpaired) electrons. The highest BCUT2D eigenvalue weighted by Crippen LogP contribution is 2.22. The second kappa shape index (κ2) is 4.64. The first-order chi connectivity index (χ1) is 8.11. The van der Waals surface area contributed by atoms with Gasteiger partial charge in [-0.15, -0.1) is 0 Å². The SMILES string of the molecule is CN1CCC(Nc2ccc(Cl)c(C#N)c2)C1=O. The fourth-order valence-corrected chi connectivity index (χ4v) is 2.02. The van der Waals surface area contributed by atoms with E-state index in [1.54, 1.807) is 30.1 Å². The van der Waals surface area contributed by atoms with Crippen LogP contribution in [0.3, 0.4) is 0 Å². The van der Waals surface area contributed by atoms with Gasteiger partial charge in [0, 0.05) is 19.3 Å². The third-order valence-electron chi connectivity index (χ3n) is 2.86. The van der Waals surface area contributed by atoms with Crippen LogP contribution in [-0.4, -0.2) is 30.4 Å². The van der Waals surface area contributed by atoms with Crippen LogP contribution in [0.5, 0.6) is 0 Å². The molecule has 5 heteroatoms. The van der Waals surface area contributed by atoms with Crippen molar-refractivity contribution in [3.8, 4) is 6.07 Å². The Kier molecular flexibility index (Phi) is 3.21. The minimum atomic E-state index is -0.201. The van der Waals surface area contributed by atoms with Gasteiger partial charge in [0.1, 0.15) is 12.1 Å². The lowest BCUT2D eigenvalue weighted by molar-refractivity contribution is -0.127. The van der Waals surface area contributed by atoms with Gasteiger partial charge in [-0.2, -0.15) is 5.26 Å². The maximum absolute atomic E-state index is 11.7. The summed E-state index contributed by atoms with van der Waals surface area (Å²) in [4.78, 5) is 13.4. The van der Waals surface area contributed by atoms with Crippen LogP contribution in [0.25, 0.3) is 0 Å². The number of hydrogen-bond donors (Lipinski definition) is 1. The summed E-state index contributed by atoms with van der Waals surface area (Å²) in [5, 5.41) is 12.4. The molecule has 1 atom stereocenters. The molecule has 0 spiro atoms. The molecule has 1 aliphatic heterocycles. The maximum Gasteiger partial charge on any atom is 0.244 e. The van der Waals surface area contributed by atoms with E-state index in [9.17, 15) is 4.79 Å². The molecule has 0 bridgehead atoms. The van der Waals surface area contributed by atoms with Crippen molar-refractivity contribution in [2.45, 2.75) is 12.5 Å². The van der Waals surface area contributed by atoms with Crippen LogP contribution in [-0.2, 0) is 4.79 Å². The average molecular weight is 250 g/mol. The van der Waals surface area contributed by atoms with E-state index in [1.165, 1.54) is 0 Å². The van der Waals surface area contributed by atoms with Crippen molar-refractivity contribution in [3.05, 3.63) is 28.8 Å². The molecule has 1 N–H and O–H groups in total. The first-order valence-electron chi connectivity index (χ1n) is 5.33. The summed E-state index contributed by atoms with van der Waals surface area (Å²) >= 11 is 5.84. The van der Waals surface area contributed by atoms with E-state index in [1.807, 2.05) is 6.07 Å². The lowest BCUT2D eigenvalue weighted by atomic mass is 10.2. The number of likely N-dealkylation sites (N-methyl/N-ethyl adjacent to an activating group) is 1. The van der Waals surface area contributed by atoms with Crippen LogP contribution in [0.2, 0.25) is 5.02 Å². The van der Waals surface area contributed by atoms with E-state index < -0.39 is 0 Å². The molecule has 4 nitrogen and oxygen atoms in total. The fourth-order valence-electron chi connectivity index (χ4n) is 1.86.